The predicted octanol–water partition coefficient (Wildman–Crippen LogP) is 18.6. The molecule has 2 aliphatic carbocycles. The summed E-state index contributed by atoms with van der Waals surface area (Å²) < 4.78 is 37.5. The number of guanidine groups is 1. The second-order valence-corrected chi connectivity index (χ2v) is 37.8. The van der Waals surface area contributed by atoms with Crippen LogP contribution in [0.1, 0.15) is 177 Å². The number of ketones is 1. The molecule has 22 rings (SSSR count). The van der Waals surface area contributed by atoms with Crippen molar-refractivity contribution >= 4 is 76.5 Å². The highest BCUT2D eigenvalue weighted by atomic mass is 16.6. The number of Topliss-reactive ketones (excluding diaryl/α,β-unsaturated/α-hetero) is 1. The number of benzene rings is 9. The zero-order valence-corrected chi connectivity index (χ0v) is 78.0. The zero-order chi connectivity index (χ0) is 93.9. The molecule has 6 N–H and O–H groups in total. The van der Waals surface area contributed by atoms with Gasteiger partial charge < -0.3 is 59.3 Å². The van der Waals surface area contributed by atoms with Crippen LogP contribution in [0.2, 0.25) is 0 Å². The number of fused-ring (bicyclic) bond motifs is 11. The average molecular weight is 1840 g/mol. The number of rotatable bonds is 11. The minimum absolute atomic E-state index is 0.0697. The minimum Gasteiger partial charge on any atom is -0.465 e. The average Bonchev–Trinajstić information content (AvgIpc) is 1.61. The fraction of sp³-hybridized carbons (Fsp3) is 0.409. The number of likely N-dealkylation sites (tertiary alicyclic amines) is 1. The number of ether oxygens (including phenoxy) is 7. The first-order valence-corrected chi connectivity index (χ1v) is 48.6. The molecule has 4 saturated heterocycles. The Hall–Kier alpha value is -13.2. The van der Waals surface area contributed by atoms with Crippen LogP contribution in [0.4, 0.5) is 53.6 Å². The van der Waals surface area contributed by atoms with E-state index >= 15 is 0 Å². The molecule has 1 unspecified atom stereocenters. The molecule has 5 spiro atoms. The highest BCUT2D eigenvalue weighted by molar-refractivity contribution is 6.00. The fourth-order valence-corrected chi connectivity index (χ4v) is 22.1. The maximum absolute atomic E-state index is 13.1. The number of nitrogens with two attached hydrogens (primary N) is 1. The summed E-state index contributed by atoms with van der Waals surface area (Å²) >= 11 is 0. The van der Waals surface area contributed by atoms with Crippen molar-refractivity contribution in [1.29, 1.82) is 5.41 Å². The number of para-hydroxylation sites is 5. The second-order valence-electron chi connectivity index (χ2n) is 37.8. The van der Waals surface area contributed by atoms with Crippen molar-refractivity contribution in [2.45, 2.75) is 183 Å². The highest BCUT2D eigenvalue weighted by Crippen LogP contribution is 2.53. The molecule has 26 heteroatoms. The summed E-state index contributed by atoms with van der Waals surface area (Å²) in [7, 11) is 0. The number of H-pyrrole nitrogens is 1. The second kappa shape index (κ2) is 43.7. The number of nitrogens with zero attached hydrogens (tertiary/aromatic N) is 7. The molecule has 0 radical (unpaired) electrons. The highest BCUT2D eigenvalue weighted by Gasteiger charge is 2.51. The van der Waals surface area contributed by atoms with Crippen molar-refractivity contribution in [2.24, 2.45) is 11.7 Å². The zero-order valence-electron chi connectivity index (χ0n) is 78.0. The quantitative estimate of drug-likeness (QED) is 0.0264. The number of nitrogens with one attached hydrogen (secondary N) is 4. The van der Waals surface area contributed by atoms with E-state index in [1.54, 1.807) is 22.3 Å². The largest absolute Gasteiger partial charge is 0.465 e. The lowest BCUT2D eigenvalue weighted by atomic mass is 9.71. The van der Waals surface area contributed by atoms with Crippen LogP contribution in [0.5, 0.6) is 0 Å². The third-order valence-corrected chi connectivity index (χ3v) is 29.5. The number of carbonyl (C=O) groups excluding carboxylic acids is 6. The van der Waals surface area contributed by atoms with Crippen LogP contribution in [0.3, 0.4) is 0 Å². The number of esters is 1. The Kier molecular flexibility index (Phi) is 30.4. The Bertz CT molecular complexity index is 5720. The molecule has 12 aliphatic rings. The molecule has 9 aromatic carbocycles. The molecule has 0 bridgehead atoms. The first-order valence-electron chi connectivity index (χ1n) is 48.6. The van der Waals surface area contributed by atoms with Gasteiger partial charge in [0.2, 0.25) is 5.95 Å². The van der Waals surface area contributed by atoms with E-state index in [1.807, 2.05) is 191 Å². The number of hydrogen-bond donors (Lipinski definition) is 5. The SMILES string of the molecule is CCOC(=O)C1COCCC1=O.N=C(N)N1CCC2(CC1)CN(C(=O)OCc1ccccc1)c1ccccc12.O=C(OCc1ccccc1)N1CC2(CCCCC2)c2ccccc21.O=C(OCc1ccccc1)N1CC2(CCN(c3nc4c(c(=O)[nH]3)COCC4)CC2)c2ccccc21.O=C(OCc1ccccc1)N1CC2(CCNCC2)c2ccccc21.c1ccc2c(c1)NCC21CCCCC1. The van der Waals surface area contributed by atoms with Crippen LogP contribution < -0.4 is 46.4 Å². The molecular formula is C110H126N12O14. The lowest BCUT2D eigenvalue weighted by Crippen LogP contribution is -2.49. The van der Waals surface area contributed by atoms with Gasteiger partial charge in [-0.2, -0.15) is 0 Å². The van der Waals surface area contributed by atoms with Crippen LogP contribution in [0, 0.1) is 11.3 Å². The van der Waals surface area contributed by atoms with Crippen molar-refractivity contribution in [1.82, 2.24) is 20.2 Å². The van der Waals surface area contributed by atoms with Gasteiger partial charge in [0.05, 0.1) is 67.0 Å². The van der Waals surface area contributed by atoms with Crippen molar-refractivity contribution in [3.05, 3.63) is 314 Å². The molecule has 10 aliphatic heterocycles. The summed E-state index contributed by atoms with van der Waals surface area (Å²) in [4.78, 5) is 105. The Balaban J connectivity index is 0.000000117. The van der Waals surface area contributed by atoms with Crippen molar-refractivity contribution in [3.8, 4) is 0 Å². The summed E-state index contributed by atoms with van der Waals surface area (Å²) in [5, 5.41) is 14.6. The number of aromatic nitrogens is 2. The van der Waals surface area contributed by atoms with Gasteiger partial charge in [-0.1, -0.05) is 251 Å². The standard InChI is InChI=1S/C27H28N4O4.C21H24N4O2.C21H23NO2.C20H22N2O2.C13H17N.C8H12O4/c32-24-20-17-34-15-10-22(20)28-25(29-24)30-13-11-27(12-14-30)18-31(23-9-5-4-8-21(23)27)26(33)35-16-19-6-2-1-3-7-19;22-19(23)24-12-10-21(11-13-24)15-25(18-9-5-4-8-17(18)21)20(26)27-14-16-6-2-1-3-7-16;23-20(24-15-17-9-3-1-4-10-17)22-16-21(13-7-2-8-14-21)18-11-5-6-12-19(18)22;23-19(24-14-16-6-2-1-3-7-16)22-15-20(10-12-21-13-11-20)17-8-4-5-9-18(17)22;1-4-8-13(9-5-1)10-14-12-7-3-2-6-11(12)13;1-2-12-8(10)6-5-11-4-3-7(6)9/h1-9H,10-18H2,(H,28,29,32);1-9H,10-15H2,(H3,22,23);1,3-6,9-12H,2,7-8,13-16H2;1-9,21H,10-15H2;2-3,6-7,14H,1,4-5,8-10H2;6H,2-5H2,1H3. The van der Waals surface area contributed by atoms with Crippen molar-refractivity contribution < 1.29 is 61.9 Å². The third kappa shape index (κ3) is 21.4. The lowest BCUT2D eigenvalue weighted by Gasteiger charge is -2.40. The van der Waals surface area contributed by atoms with E-state index in [4.69, 9.17) is 49.3 Å². The number of aromatic amines is 1. The number of amides is 4. The smallest absolute Gasteiger partial charge is 0.414 e. The van der Waals surface area contributed by atoms with E-state index in [0.717, 1.165) is 142 Å². The van der Waals surface area contributed by atoms with Gasteiger partial charge in [0.15, 0.2) is 11.7 Å². The Morgan fingerprint density at radius 2 is 0.794 bits per heavy atom. The Labute approximate surface area is 796 Å². The normalized spacial score (nSPS) is 19.2. The third-order valence-electron chi connectivity index (χ3n) is 29.5. The first kappa shape index (κ1) is 94.6. The van der Waals surface area contributed by atoms with Gasteiger partial charge in [0.25, 0.3) is 5.56 Å². The van der Waals surface area contributed by atoms with E-state index in [2.05, 4.69) is 87.2 Å². The fourth-order valence-electron chi connectivity index (χ4n) is 22.1. The molecule has 6 fully saturated rings. The molecule has 2 saturated carbocycles. The van der Waals surface area contributed by atoms with Gasteiger partial charge in [0.1, 0.15) is 32.3 Å². The monoisotopic (exact) mass is 1840 g/mol. The van der Waals surface area contributed by atoms with Crippen LogP contribution >= 0.6 is 0 Å². The van der Waals surface area contributed by atoms with Gasteiger partial charge in [-0.05, 0) is 165 Å². The number of anilines is 6. The molecular weight excluding hydrogens is 1710 g/mol. The molecule has 11 heterocycles. The summed E-state index contributed by atoms with van der Waals surface area (Å²) in [6.07, 6.45) is 18.6. The van der Waals surface area contributed by atoms with Crippen molar-refractivity contribution in [2.75, 3.05) is 128 Å². The van der Waals surface area contributed by atoms with Crippen LogP contribution in [0.15, 0.2) is 247 Å². The Morgan fingerprint density at radius 1 is 0.426 bits per heavy atom. The van der Waals surface area contributed by atoms with Gasteiger partial charge in [-0.3, -0.25) is 44.4 Å². The van der Waals surface area contributed by atoms with Gasteiger partial charge in [-0.25, -0.2) is 24.2 Å². The predicted molar refractivity (Wildman–Crippen MR) is 526 cm³/mol. The molecule has 136 heavy (non-hydrogen) atoms. The summed E-state index contributed by atoms with van der Waals surface area (Å²) in [6, 6.07) is 80.8. The topological polar surface area (TPSA) is 306 Å². The molecule has 4 amide bonds. The summed E-state index contributed by atoms with van der Waals surface area (Å²) in [5.41, 5.74) is 23.4. The number of carbonyl (C=O) groups is 6. The van der Waals surface area contributed by atoms with Crippen LogP contribution in [-0.4, -0.2) is 155 Å². The first-order chi connectivity index (χ1) is 66.4. The van der Waals surface area contributed by atoms with E-state index < -0.39 is 11.9 Å². The molecule has 1 atom stereocenters. The van der Waals surface area contributed by atoms with Gasteiger partial charge in [-0.15, -0.1) is 0 Å². The molecule has 10 aromatic rings. The maximum atomic E-state index is 13.1. The summed E-state index contributed by atoms with van der Waals surface area (Å²) in [6.45, 7) is 13.5. The van der Waals surface area contributed by atoms with E-state index in [0.29, 0.717) is 82.5 Å². The minimum atomic E-state index is -0.682. The van der Waals surface area contributed by atoms with Gasteiger partial charge >= 0.3 is 30.3 Å². The Morgan fingerprint density at radius 3 is 1.21 bits per heavy atom. The van der Waals surface area contributed by atoms with E-state index in [9.17, 15) is 33.6 Å². The van der Waals surface area contributed by atoms with Gasteiger partial charge in [0, 0.05) is 105 Å². The lowest BCUT2D eigenvalue weighted by molar-refractivity contribution is -0.157. The summed E-state index contributed by atoms with van der Waals surface area (Å²) in [5.74, 6) is -0.452. The number of piperidine rings is 3. The molecule has 710 valence electrons. The molecule has 26 nitrogen and oxygen atoms in total. The van der Waals surface area contributed by atoms with Crippen LogP contribution in [-0.2, 0) is 109 Å². The maximum Gasteiger partial charge on any atom is 0.414 e. The molecule has 1 aromatic heterocycles. The van der Waals surface area contributed by atoms with Crippen molar-refractivity contribution in [3.63, 3.8) is 0 Å². The van der Waals surface area contributed by atoms with E-state index in [-0.39, 0.29) is 83.2 Å². The van der Waals surface area contributed by atoms with E-state index in [1.165, 1.54) is 98.7 Å². The number of hydrogen-bond acceptors (Lipinski definition) is 19. The van der Waals surface area contributed by atoms with Crippen LogP contribution in [0.25, 0.3) is 0 Å².